The third-order valence-electron chi connectivity index (χ3n) is 9.51. The Balaban J connectivity index is 0.000000177. The van der Waals surface area contributed by atoms with E-state index in [1.54, 1.807) is 18.2 Å². The number of phenols is 1. The zero-order valence-corrected chi connectivity index (χ0v) is 24.1. The predicted molar refractivity (Wildman–Crippen MR) is 153 cm³/mol. The van der Waals surface area contributed by atoms with Crippen molar-refractivity contribution in [1.82, 2.24) is 0 Å². The monoisotopic (exact) mass is 516 g/mol. The standard InChI is InChI=1S/C18H22O.C16H22O3/c1-12-5-7-13(8-6-12)11-14-15-9-10-18(4,16(14)19)17(15,2)3;1-11-8-12(10-16(2,3)9-11)19-15(18)13-6-4-5-7-14(13)17/h5-8,11,15H,9-10H2,1-4H3;4-7,11-12,17H,8-10H2,1-3H3/b14-11+;. The molecule has 2 aromatic rings. The van der Waals surface area contributed by atoms with Crippen molar-refractivity contribution in [3.05, 3.63) is 70.8 Å². The number of carbonyl (C=O) groups is 2. The molecule has 4 heteroatoms. The van der Waals surface area contributed by atoms with E-state index < -0.39 is 5.97 Å². The molecule has 38 heavy (non-hydrogen) atoms. The van der Waals surface area contributed by atoms with Crippen molar-refractivity contribution in [1.29, 1.82) is 0 Å². The summed E-state index contributed by atoms with van der Waals surface area (Å²) < 4.78 is 5.57. The number of aromatic hydroxyl groups is 1. The van der Waals surface area contributed by atoms with Crippen LogP contribution in [0.5, 0.6) is 5.75 Å². The highest BCUT2D eigenvalue weighted by molar-refractivity contribution is 6.07. The number of hydrogen-bond acceptors (Lipinski definition) is 4. The molecule has 0 saturated heterocycles. The molecule has 2 aromatic carbocycles. The summed E-state index contributed by atoms with van der Waals surface area (Å²) in [5.74, 6) is 0.940. The molecule has 0 radical (unpaired) electrons. The number of aryl methyl sites for hydroxylation is 1. The fourth-order valence-electron chi connectivity index (χ4n) is 7.15. The van der Waals surface area contributed by atoms with Crippen LogP contribution in [0.1, 0.15) is 95.1 Å². The van der Waals surface area contributed by atoms with Gasteiger partial charge in [0.1, 0.15) is 17.4 Å². The van der Waals surface area contributed by atoms with E-state index in [4.69, 9.17) is 4.74 Å². The van der Waals surface area contributed by atoms with E-state index in [1.807, 2.05) is 0 Å². The average molecular weight is 517 g/mol. The molecule has 0 aliphatic heterocycles. The highest BCUT2D eigenvalue weighted by Crippen LogP contribution is 2.65. The lowest BCUT2D eigenvalue weighted by atomic mass is 9.70. The van der Waals surface area contributed by atoms with Gasteiger partial charge in [-0.1, -0.05) is 83.5 Å². The van der Waals surface area contributed by atoms with Gasteiger partial charge in [0.2, 0.25) is 0 Å². The van der Waals surface area contributed by atoms with Gasteiger partial charge in [-0.2, -0.15) is 0 Å². The van der Waals surface area contributed by atoms with Gasteiger partial charge in [-0.25, -0.2) is 4.79 Å². The number of phenolic OH excluding ortho intramolecular Hbond substituents is 1. The van der Waals surface area contributed by atoms with Crippen LogP contribution in [0.4, 0.5) is 0 Å². The Morgan fingerprint density at radius 3 is 2.24 bits per heavy atom. The number of esters is 1. The lowest BCUT2D eigenvalue weighted by molar-refractivity contribution is -0.125. The van der Waals surface area contributed by atoms with Gasteiger partial charge in [-0.3, -0.25) is 4.79 Å². The first-order chi connectivity index (χ1) is 17.7. The number of carbonyl (C=O) groups excluding carboxylic acids is 2. The van der Waals surface area contributed by atoms with Gasteiger partial charge >= 0.3 is 5.97 Å². The smallest absolute Gasteiger partial charge is 0.342 e. The van der Waals surface area contributed by atoms with E-state index in [0.717, 1.165) is 43.2 Å². The maximum Gasteiger partial charge on any atom is 0.342 e. The Hall–Kier alpha value is -2.88. The average Bonchev–Trinajstić information content (AvgIpc) is 3.13. The van der Waals surface area contributed by atoms with Crippen molar-refractivity contribution in [3.8, 4) is 5.75 Å². The maximum absolute atomic E-state index is 12.7. The molecule has 3 fully saturated rings. The normalized spacial score (nSPS) is 30.0. The van der Waals surface area contributed by atoms with E-state index in [-0.39, 0.29) is 33.7 Å². The van der Waals surface area contributed by atoms with Crippen molar-refractivity contribution < 1.29 is 19.4 Å². The molecule has 3 saturated carbocycles. The molecule has 0 heterocycles. The fourth-order valence-corrected chi connectivity index (χ4v) is 7.15. The lowest BCUT2D eigenvalue weighted by Crippen LogP contribution is -2.34. The molecule has 0 spiro atoms. The zero-order valence-electron chi connectivity index (χ0n) is 24.1. The van der Waals surface area contributed by atoms with Crippen LogP contribution in [0.3, 0.4) is 0 Å². The first-order valence-electron chi connectivity index (χ1n) is 14.1. The molecule has 3 aliphatic carbocycles. The second-order valence-corrected chi connectivity index (χ2v) is 13.4. The van der Waals surface area contributed by atoms with E-state index in [0.29, 0.717) is 17.6 Å². The van der Waals surface area contributed by atoms with Crippen LogP contribution in [-0.2, 0) is 9.53 Å². The largest absolute Gasteiger partial charge is 0.507 e. The molecular formula is C34H44O4. The van der Waals surface area contributed by atoms with Gasteiger partial charge in [-0.15, -0.1) is 0 Å². The first kappa shape index (κ1) is 28.1. The lowest BCUT2D eigenvalue weighted by Gasteiger charge is -2.38. The van der Waals surface area contributed by atoms with Crippen LogP contribution in [0.2, 0.25) is 0 Å². The number of ketones is 1. The molecular weight excluding hydrogens is 472 g/mol. The van der Waals surface area contributed by atoms with Crippen LogP contribution >= 0.6 is 0 Å². The van der Waals surface area contributed by atoms with Crippen LogP contribution in [0.15, 0.2) is 54.1 Å². The zero-order chi connectivity index (χ0) is 27.9. The van der Waals surface area contributed by atoms with Crippen molar-refractivity contribution >= 4 is 17.8 Å². The molecule has 204 valence electrons. The van der Waals surface area contributed by atoms with E-state index in [9.17, 15) is 14.7 Å². The molecule has 2 bridgehead atoms. The highest BCUT2D eigenvalue weighted by atomic mass is 16.5. The number of ether oxygens (including phenoxy) is 1. The van der Waals surface area contributed by atoms with Gasteiger partial charge in [0.05, 0.1) is 0 Å². The third kappa shape index (κ3) is 5.46. The van der Waals surface area contributed by atoms with Crippen LogP contribution in [0, 0.1) is 35.0 Å². The number of fused-ring (bicyclic) bond motifs is 2. The summed E-state index contributed by atoms with van der Waals surface area (Å²) in [6.07, 6.45) is 7.24. The molecule has 3 aliphatic rings. The molecule has 0 aromatic heterocycles. The molecule has 5 rings (SSSR count). The summed E-state index contributed by atoms with van der Waals surface area (Å²) in [4.78, 5) is 24.8. The Morgan fingerprint density at radius 1 is 1.00 bits per heavy atom. The molecule has 1 N–H and O–H groups in total. The second-order valence-electron chi connectivity index (χ2n) is 13.4. The van der Waals surface area contributed by atoms with Gasteiger partial charge < -0.3 is 9.84 Å². The van der Waals surface area contributed by atoms with Crippen molar-refractivity contribution in [2.75, 3.05) is 0 Å². The van der Waals surface area contributed by atoms with E-state index in [1.165, 1.54) is 11.6 Å². The minimum absolute atomic E-state index is 0.0179. The van der Waals surface area contributed by atoms with E-state index >= 15 is 0 Å². The van der Waals surface area contributed by atoms with Gasteiger partial charge in [0, 0.05) is 5.41 Å². The van der Waals surface area contributed by atoms with E-state index in [2.05, 4.69) is 78.8 Å². The summed E-state index contributed by atoms with van der Waals surface area (Å²) in [6, 6.07) is 14.9. The molecule has 4 atom stereocenters. The number of rotatable bonds is 3. The molecule has 4 unspecified atom stereocenters. The highest BCUT2D eigenvalue weighted by Gasteiger charge is 2.63. The summed E-state index contributed by atoms with van der Waals surface area (Å²) in [5, 5.41) is 9.66. The predicted octanol–water partition coefficient (Wildman–Crippen LogP) is 8.17. The summed E-state index contributed by atoms with van der Waals surface area (Å²) >= 11 is 0. The first-order valence-corrected chi connectivity index (χ1v) is 14.1. The fraction of sp³-hybridized carbons (Fsp3) is 0.529. The number of hydrogen-bond donors (Lipinski definition) is 1. The summed E-state index contributed by atoms with van der Waals surface area (Å²) in [5.41, 5.74) is 3.90. The SMILES string of the molecule is CC1CC(OC(=O)c2ccccc2O)CC(C)(C)C1.Cc1ccc(/C=C2/C(=O)C3(C)CCC2C3(C)C)cc1. The number of para-hydroxylation sites is 1. The maximum atomic E-state index is 12.7. The summed E-state index contributed by atoms with van der Waals surface area (Å²) in [7, 11) is 0. The summed E-state index contributed by atoms with van der Waals surface area (Å²) in [6.45, 7) is 15.4. The van der Waals surface area contributed by atoms with Crippen LogP contribution < -0.4 is 0 Å². The number of Topliss-reactive ketones (excluding diaryl/α,β-unsaturated/α-hetero) is 1. The Kier molecular flexibility index (Phi) is 7.67. The quantitative estimate of drug-likeness (QED) is 0.330. The second kappa shape index (κ2) is 10.4. The number of benzene rings is 2. The van der Waals surface area contributed by atoms with Gasteiger partial charge in [0.25, 0.3) is 0 Å². The van der Waals surface area contributed by atoms with Crippen LogP contribution in [0.25, 0.3) is 6.08 Å². The third-order valence-corrected chi connectivity index (χ3v) is 9.51. The van der Waals surface area contributed by atoms with Crippen molar-refractivity contribution in [2.45, 2.75) is 86.7 Å². The Labute approximate surface area is 228 Å². The Morgan fingerprint density at radius 2 is 1.66 bits per heavy atom. The molecule has 4 nitrogen and oxygen atoms in total. The van der Waals surface area contributed by atoms with Gasteiger partial charge in [-0.05, 0) is 91.0 Å². The Bertz CT molecular complexity index is 1220. The van der Waals surface area contributed by atoms with Crippen LogP contribution in [-0.4, -0.2) is 23.0 Å². The van der Waals surface area contributed by atoms with Crippen molar-refractivity contribution in [3.63, 3.8) is 0 Å². The topological polar surface area (TPSA) is 63.6 Å². The van der Waals surface area contributed by atoms with Gasteiger partial charge in [0.15, 0.2) is 5.78 Å². The molecule has 0 amide bonds. The number of allylic oxidation sites excluding steroid dienone is 1. The minimum atomic E-state index is -0.423. The van der Waals surface area contributed by atoms with Crippen molar-refractivity contribution in [2.24, 2.45) is 28.1 Å². The minimum Gasteiger partial charge on any atom is -0.507 e.